The summed E-state index contributed by atoms with van der Waals surface area (Å²) in [6, 6.07) is 1.72. The molecule has 0 radical (unpaired) electrons. The number of ketones is 1. The molecule has 10 heavy (non-hydrogen) atoms. The zero-order valence-corrected chi connectivity index (χ0v) is 6.79. The van der Waals surface area contributed by atoms with E-state index in [1.54, 1.807) is 13.0 Å². The maximum atomic E-state index is 10.8. The number of Topliss-reactive ketones (excluding diaryl/α,β-unsaturated/α-hetero) is 1. The lowest BCUT2D eigenvalue weighted by molar-refractivity contribution is 0.102. The van der Waals surface area contributed by atoms with Gasteiger partial charge >= 0.3 is 0 Å². The molecule has 0 bridgehead atoms. The minimum absolute atomic E-state index is 0.0878. The SMILES string of the molecule is CC(=O)c1cc(N)c(C)s1. The van der Waals surface area contributed by atoms with Crippen LogP contribution in [0.5, 0.6) is 0 Å². The van der Waals surface area contributed by atoms with Gasteiger partial charge in [-0.15, -0.1) is 11.3 Å². The standard InChI is InChI=1S/C7H9NOS/c1-4(9)7-3-6(8)5(2)10-7/h3H,8H2,1-2H3. The summed E-state index contributed by atoms with van der Waals surface area (Å²) < 4.78 is 0. The highest BCUT2D eigenvalue weighted by Crippen LogP contribution is 2.23. The van der Waals surface area contributed by atoms with E-state index in [2.05, 4.69) is 0 Å². The van der Waals surface area contributed by atoms with Gasteiger partial charge in [-0.1, -0.05) is 0 Å². The van der Waals surface area contributed by atoms with Crippen molar-refractivity contribution in [3.8, 4) is 0 Å². The van der Waals surface area contributed by atoms with Crippen LogP contribution in [-0.4, -0.2) is 5.78 Å². The van der Waals surface area contributed by atoms with Gasteiger partial charge in [0.15, 0.2) is 5.78 Å². The van der Waals surface area contributed by atoms with E-state index in [0.717, 1.165) is 15.4 Å². The Bertz CT molecular complexity index is 245. The molecule has 0 aliphatic carbocycles. The van der Waals surface area contributed by atoms with Crippen molar-refractivity contribution >= 4 is 22.8 Å². The topological polar surface area (TPSA) is 43.1 Å². The summed E-state index contributed by atoms with van der Waals surface area (Å²) in [4.78, 5) is 12.5. The van der Waals surface area contributed by atoms with Crippen molar-refractivity contribution in [1.82, 2.24) is 0 Å². The number of carbonyl (C=O) groups is 1. The number of hydrogen-bond donors (Lipinski definition) is 1. The zero-order valence-electron chi connectivity index (χ0n) is 5.97. The van der Waals surface area contributed by atoms with Crippen LogP contribution in [0.15, 0.2) is 6.07 Å². The molecule has 3 heteroatoms. The molecule has 0 atom stereocenters. The van der Waals surface area contributed by atoms with Gasteiger partial charge in [0.2, 0.25) is 0 Å². The first-order valence-corrected chi connectivity index (χ1v) is 3.79. The number of thiophene rings is 1. The van der Waals surface area contributed by atoms with Crippen LogP contribution in [0.3, 0.4) is 0 Å². The molecule has 2 N–H and O–H groups in total. The van der Waals surface area contributed by atoms with Gasteiger partial charge in [0, 0.05) is 10.6 Å². The van der Waals surface area contributed by atoms with Crippen molar-refractivity contribution < 1.29 is 4.79 Å². The minimum Gasteiger partial charge on any atom is -0.398 e. The fourth-order valence-corrected chi connectivity index (χ4v) is 1.51. The van der Waals surface area contributed by atoms with E-state index in [9.17, 15) is 4.79 Å². The summed E-state index contributed by atoms with van der Waals surface area (Å²) in [5.74, 6) is 0.0878. The van der Waals surface area contributed by atoms with Crippen molar-refractivity contribution in [3.05, 3.63) is 15.8 Å². The van der Waals surface area contributed by atoms with E-state index in [4.69, 9.17) is 5.73 Å². The van der Waals surface area contributed by atoms with Crippen LogP contribution in [0.25, 0.3) is 0 Å². The van der Waals surface area contributed by atoms with E-state index in [-0.39, 0.29) is 5.78 Å². The molecule has 1 heterocycles. The fourth-order valence-electron chi connectivity index (χ4n) is 0.670. The first-order valence-electron chi connectivity index (χ1n) is 2.98. The Balaban J connectivity index is 3.10. The number of aryl methyl sites for hydroxylation is 1. The summed E-state index contributed by atoms with van der Waals surface area (Å²) in [6.07, 6.45) is 0. The Morgan fingerprint density at radius 2 is 2.30 bits per heavy atom. The van der Waals surface area contributed by atoms with Crippen LogP contribution in [0.1, 0.15) is 21.5 Å². The highest BCUT2D eigenvalue weighted by atomic mass is 32.1. The van der Waals surface area contributed by atoms with Gasteiger partial charge in [0.1, 0.15) is 0 Å². The normalized spacial score (nSPS) is 9.80. The number of nitrogens with two attached hydrogens (primary N) is 1. The van der Waals surface area contributed by atoms with Crippen LogP contribution in [0, 0.1) is 6.92 Å². The molecule has 1 aromatic rings. The highest BCUT2D eigenvalue weighted by Gasteiger charge is 2.04. The molecule has 1 rings (SSSR count). The highest BCUT2D eigenvalue weighted by molar-refractivity contribution is 7.14. The number of rotatable bonds is 1. The number of carbonyl (C=O) groups excluding carboxylic acids is 1. The summed E-state index contributed by atoms with van der Waals surface area (Å²) >= 11 is 1.45. The van der Waals surface area contributed by atoms with Gasteiger partial charge < -0.3 is 5.73 Å². The lowest BCUT2D eigenvalue weighted by Crippen LogP contribution is -1.85. The minimum atomic E-state index is 0.0878. The zero-order chi connectivity index (χ0) is 7.72. The van der Waals surface area contributed by atoms with Gasteiger partial charge in [0.25, 0.3) is 0 Å². The van der Waals surface area contributed by atoms with Crippen molar-refractivity contribution in [3.63, 3.8) is 0 Å². The summed E-state index contributed by atoms with van der Waals surface area (Å²) in [5, 5.41) is 0. The maximum Gasteiger partial charge on any atom is 0.169 e. The van der Waals surface area contributed by atoms with Gasteiger partial charge in [0.05, 0.1) is 4.88 Å². The molecule has 0 unspecified atom stereocenters. The van der Waals surface area contributed by atoms with Crippen molar-refractivity contribution in [1.29, 1.82) is 0 Å². The molecule has 0 spiro atoms. The summed E-state index contributed by atoms with van der Waals surface area (Å²) in [5.41, 5.74) is 6.25. The van der Waals surface area contributed by atoms with Gasteiger partial charge in [-0.25, -0.2) is 0 Å². The predicted molar refractivity (Wildman–Crippen MR) is 43.5 cm³/mol. The average Bonchev–Trinajstić information content (AvgIpc) is 2.13. The molecule has 0 saturated heterocycles. The number of nitrogen functional groups attached to an aromatic ring is 1. The molecular formula is C7H9NOS. The largest absolute Gasteiger partial charge is 0.398 e. The summed E-state index contributed by atoms with van der Waals surface area (Å²) in [7, 11) is 0. The van der Waals surface area contributed by atoms with Crippen LogP contribution >= 0.6 is 11.3 Å². The van der Waals surface area contributed by atoms with Gasteiger partial charge in [-0.05, 0) is 19.9 Å². The van der Waals surface area contributed by atoms with E-state index in [0.29, 0.717) is 0 Å². The first-order chi connectivity index (χ1) is 4.61. The van der Waals surface area contributed by atoms with Crippen LogP contribution < -0.4 is 5.73 Å². The molecule has 0 saturated carbocycles. The fraction of sp³-hybridized carbons (Fsp3) is 0.286. The maximum absolute atomic E-state index is 10.8. The molecule has 0 aliphatic rings. The molecule has 0 amide bonds. The average molecular weight is 155 g/mol. The lowest BCUT2D eigenvalue weighted by atomic mass is 10.3. The Morgan fingerprint density at radius 1 is 1.70 bits per heavy atom. The molecular weight excluding hydrogens is 146 g/mol. The number of anilines is 1. The Kier molecular flexibility index (Phi) is 1.76. The smallest absolute Gasteiger partial charge is 0.169 e. The third kappa shape index (κ3) is 1.19. The Hall–Kier alpha value is -0.830. The predicted octanol–water partition coefficient (Wildman–Crippen LogP) is 1.84. The second-order valence-electron chi connectivity index (χ2n) is 2.18. The second-order valence-corrected chi connectivity index (χ2v) is 3.43. The molecule has 0 aliphatic heterocycles. The Morgan fingerprint density at radius 3 is 2.50 bits per heavy atom. The first kappa shape index (κ1) is 7.28. The van der Waals surface area contributed by atoms with E-state index >= 15 is 0 Å². The van der Waals surface area contributed by atoms with Crippen LogP contribution in [0.2, 0.25) is 0 Å². The van der Waals surface area contributed by atoms with Crippen molar-refractivity contribution in [2.75, 3.05) is 5.73 Å². The monoisotopic (exact) mass is 155 g/mol. The molecule has 1 aromatic heterocycles. The lowest BCUT2D eigenvalue weighted by Gasteiger charge is -1.80. The van der Waals surface area contributed by atoms with E-state index in [1.165, 1.54) is 11.3 Å². The Labute approximate surface area is 63.7 Å². The molecule has 2 nitrogen and oxygen atoms in total. The van der Waals surface area contributed by atoms with E-state index in [1.807, 2.05) is 6.92 Å². The third-order valence-corrected chi connectivity index (χ3v) is 2.47. The van der Waals surface area contributed by atoms with Gasteiger partial charge in [-0.2, -0.15) is 0 Å². The molecule has 0 aromatic carbocycles. The molecule has 54 valence electrons. The van der Waals surface area contributed by atoms with Crippen LogP contribution in [-0.2, 0) is 0 Å². The van der Waals surface area contributed by atoms with Crippen LogP contribution in [0.4, 0.5) is 5.69 Å². The van der Waals surface area contributed by atoms with Gasteiger partial charge in [-0.3, -0.25) is 4.79 Å². The second kappa shape index (κ2) is 2.42. The third-order valence-electron chi connectivity index (χ3n) is 1.30. The van der Waals surface area contributed by atoms with E-state index < -0.39 is 0 Å². The summed E-state index contributed by atoms with van der Waals surface area (Å²) in [6.45, 7) is 3.46. The quantitative estimate of drug-likeness (QED) is 0.629. The number of hydrogen-bond acceptors (Lipinski definition) is 3. The molecule has 0 fully saturated rings. The van der Waals surface area contributed by atoms with Crippen molar-refractivity contribution in [2.24, 2.45) is 0 Å². The van der Waals surface area contributed by atoms with Crippen molar-refractivity contribution in [2.45, 2.75) is 13.8 Å².